The van der Waals surface area contributed by atoms with Crippen molar-refractivity contribution in [1.82, 2.24) is 15.0 Å². The highest BCUT2D eigenvalue weighted by Gasteiger charge is 2.43. The van der Waals surface area contributed by atoms with Crippen LogP contribution in [0.1, 0.15) is 60.6 Å². The van der Waals surface area contributed by atoms with E-state index in [1.54, 1.807) is 6.92 Å². The number of nitrogens with zero attached hydrogens (tertiary/aromatic N) is 3. The molecule has 0 atom stereocenters. The number of halogens is 2. The normalized spacial score (nSPS) is 12.6. The summed E-state index contributed by atoms with van der Waals surface area (Å²) in [5.41, 5.74) is -0.184. The Morgan fingerprint density at radius 2 is 1.52 bits per heavy atom. The van der Waals surface area contributed by atoms with Gasteiger partial charge in [-0.1, -0.05) is 46.8 Å². The molecule has 1 rings (SSSR count). The lowest BCUT2D eigenvalue weighted by Gasteiger charge is -2.35. The van der Waals surface area contributed by atoms with Crippen molar-refractivity contribution in [1.29, 1.82) is 0 Å². The Morgan fingerprint density at radius 1 is 1.04 bits per heavy atom. The number of alkyl halides is 2. The third kappa shape index (κ3) is 6.66. The lowest BCUT2D eigenvalue weighted by atomic mass is 10.2. The Kier molecular flexibility index (Phi) is 9.04. The number of aromatic nitrogens is 3. The Bertz CT molecular complexity index is 577. The van der Waals surface area contributed by atoms with Crippen molar-refractivity contribution in [2.24, 2.45) is 17.8 Å². The maximum absolute atomic E-state index is 14.1. The molecular formula is C19H35F2N3O2Si. The van der Waals surface area contributed by atoms with Gasteiger partial charge in [-0.15, -0.1) is 5.10 Å². The average molecular weight is 404 g/mol. The van der Waals surface area contributed by atoms with E-state index in [0.29, 0.717) is 23.1 Å². The summed E-state index contributed by atoms with van der Waals surface area (Å²) in [6.45, 7) is 14.4. The number of ether oxygens (including phenoxy) is 1. The quantitative estimate of drug-likeness (QED) is 0.406. The SMILES string of the molecule is CCOC(=O)Cn1nnc([Si](CC(C)C)(CC(C)C)CC(C)C)c1C(F)F. The van der Waals surface area contributed by atoms with Gasteiger partial charge in [0.2, 0.25) is 0 Å². The fourth-order valence-corrected chi connectivity index (χ4v) is 11.1. The molecular weight excluding hydrogens is 368 g/mol. The molecule has 0 amide bonds. The minimum absolute atomic E-state index is 0.184. The van der Waals surface area contributed by atoms with Crippen LogP contribution in [0.5, 0.6) is 0 Å². The van der Waals surface area contributed by atoms with Crippen molar-refractivity contribution >= 4 is 19.4 Å². The number of esters is 1. The van der Waals surface area contributed by atoms with Crippen molar-refractivity contribution in [3.63, 3.8) is 0 Å². The van der Waals surface area contributed by atoms with Crippen molar-refractivity contribution < 1.29 is 18.3 Å². The minimum atomic E-state index is -2.72. The van der Waals surface area contributed by atoms with E-state index >= 15 is 0 Å². The summed E-state index contributed by atoms with van der Waals surface area (Å²) in [6, 6.07) is 2.67. The largest absolute Gasteiger partial charge is 0.465 e. The van der Waals surface area contributed by atoms with Crippen molar-refractivity contribution in [2.75, 3.05) is 6.61 Å². The predicted molar refractivity (Wildman–Crippen MR) is 106 cm³/mol. The van der Waals surface area contributed by atoms with Crippen LogP contribution < -0.4 is 5.32 Å². The molecule has 156 valence electrons. The maximum atomic E-state index is 14.1. The first-order valence-corrected chi connectivity index (χ1v) is 12.5. The summed E-state index contributed by atoms with van der Waals surface area (Å²) in [5, 5.41) is 8.72. The summed E-state index contributed by atoms with van der Waals surface area (Å²) in [6.07, 6.45) is -2.72. The minimum Gasteiger partial charge on any atom is -0.465 e. The van der Waals surface area contributed by atoms with E-state index < -0.39 is 20.5 Å². The molecule has 0 unspecified atom stereocenters. The van der Waals surface area contributed by atoms with E-state index in [4.69, 9.17) is 4.74 Å². The molecule has 0 bridgehead atoms. The summed E-state index contributed by atoms with van der Waals surface area (Å²) in [7, 11) is -2.34. The summed E-state index contributed by atoms with van der Waals surface area (Å²) in [5.74, 6) is 0.583. The van der Waals surface area contributed by atoms with E-state index in [9.17, 15) is 13.6 Å². The molecule has 0 aliphatic rings. The Balaban J connectivity index is 3.50. The average Bonchev–Trinajstić information content (AvgIpc) is 2.89. The second kappa shape index (κ2) is 10.3. The van der Waals surface area contributed by atoms with Crippen LogP contribution in [-0.2, 0) is 16.1 Å². The first kappa shape index (κ1) is 23.7. The smallest absolute Gasteiger partial charge is 0.327 e. The molecule has 27 heavy (non-hydrogen) atoms. The van der Waals surface area contributed by atoms with Gasteiger partial charge in [0, 0.05) is 0 Å². The van der Waals surface area contributed by atoms with E-state index in [1.807, 2.05) is 0 Å². The van der Waals surface area contributed by atoms with Gasteiger partial charge < -0.3 is 4.74 Å². The van der Waals surface area contributed by atoms with Gasteiger partial charge >= 0.3 is 5.97 Å². The van der Waals surface area contributed by atoms with Crippen LogP contribution in [0.25, 0.3) is 0 Å². The number of carbonyl (C=O) groups excluding carboxylic acids is 1. The van der Waals surface area contributed by atoms with Gasteiger partial charge in [-0.05, 0) is 42.8 Å². The first-order chi connectivity index (χ1) is 12.5. The van der Waals surface area contributed by atoms with Crippen LogP contribution in [0, 0.1) is 17.8 Å². The molecule has 0 aliphatic carbocycles. The highest BCUT2D eigenvalue weighted by atomic mass is 28.3. The lowest BCUT2D eigenvalue weighted by molar-refractivity contribution is -0.144. The van der Waals surface area contributed by atoms with E-state index in [-0.39, 0.29) is 18.8 Å². The van der Waals surface area contributed by atoms with Gasteiger partial charge in [-0.2, -0.15) is 0 Å². The molecule has 0 aromatic carbocycles. The fourth-order valence-electron chi connectivity index (χ4n) is 4.24. The predicted octanol–water partition coefficient (Wildman–Crippen LogP) is 4.40. The van der Waals surface area contributed by atoms with Crippen LogP contribution in [0.4, 0.5) is 8.78 Å². The molecule has 0 fully saturated rings. The second-order valence-electron chi connectivity index (χ2n) is 8.66. The molecule has 0 saturated heterocycles. The molecule has 8 heteroatoms. The molecule has 1 heterocycles. The molecule has 0 aliphatic heterocycles. The number of rotatable bonds is 11. The second-order valence-corrected chi connectivity index (χ2v) is 12.9. The molecule has 1 aromatic heterocycles. The van der Waals surface area contributed by atoms with Crippen molar-refractivity contribution in [3.8, 4) is 0 Å². The topological polar surface area (TPSA) is 57.0 Å². The molecule has 5 nitrogen and oxygen atoms in total. The fraction of sp³-hybridized carbons (Fsp3) is 0.842. The lowest BCUT2D eigenvalue weighted by Crippen LogP contribution is -2.53. The summed E-state index contributed by atoms with van der Waals surface area (Å²) in [4.78, 5) is 11.8. The van der Waals surface area contributed by atoms with E-state index in [1.165, 1.54) is 0 Å². The summed E-state index contributed by atoms with van der Waals surface area (Å²) >= 11 is 0. The zero-order chi connectivity index (χ0) is 20.8. The number of carbonyl (C=O) groups is 1. The third-order valence-corrected chi connectivity index (χ3v) is 10.6. The van der Waals surface area contributed by atoms with E-state index in [2.05, 4.69) is 51.9 Å². The van der Waals surface area contributed by atoms with Crippen LogP contribution in [0.3, 0.4) is 0 Å². The van der Waals surface area contributed by atoms with Crippen LogP contribution >= 0.6 is 0 Å². The highest BCUT2D eigenvalue weighted by molar-refractivity contribution is 6.91. The Morgan fingerprint density at radius 3 is 1.89 bits per heavy atom. The van der Waals surface area contributed by atoms with Gasteiger partial charge in [0.25, 0.3) is 6.43 Å². The van der Waals surface area contributed by atoms with Gasteiger partial charge in [0.05, 0.1) is 11.9 Å². The van der Waals surface area contributed by atoms with Crippen molar-refractivity contribution in [3.05, 3.63) is 5.69 Å². The van der Waals surface area contributed by atoms with Crippen LogP contribution in [-0.4, -0.2) is 35.6 Å². The van der Waals surface area contributed by atoms with Gasteiger partial charge in [0.1, 0.15) is 20.3 Å². The standard InChI is InChI=1S/C19H35F2N3O2Si/c1-8-26-16(25)9-24-17(18(20)21)19(22-23-24)27(10-13(2)3,11-14(4)5)12-15(6)7/h13-15,18H,8-12H2,1-7H3. The zero-order valence-corrected chi connectivity index (χ0v) is 18.8. The molecule has 1 aromatic rings. The van der Waals surface area contributed by atoms with Crippen molar-refractivity contribution in [2.45, 2.75) is 79.6 Å². The highest BCUT2D eigenvalue weighted by Crippen LogP contribution is 2.34. The first-order valence-electron chi connectivity index (χ1n) is 9.90. The Hall–Kier alpha value is -1.31. The van der Waals surface area contributed by atoms with Gasteiger partial charge in [-0.3, -0.25) is 4.79 Å². The van der Waals surface area contributed by atoms with Crippen LogP contribution in [0.15, 0.2) is 0 Å². The maximum Gasteiger partial charge on any atom is 0.327 e. The molecule has 0 N–H and O–H groups in total. The third-order valence-electron chi connectivity index (χ3n) is 4.46. The zero-order valence-electron chi connectivity index (χ0n) is 17.8. The molecule has 0 spiro atoms. The molecule has 0 radical (unpaired) electrons. The number of hydrogen-bond acceptors (Lipinski definition) is 4. The van der Waals surface area contributed by atoms with E-state index in [0.717, 1.165) is 22.8 Å². The number of hydrogen-bond donors (Lipinski definition) is 0. The van der Waals surface area contributed by atoms with Gasteiger partial charge in [-0.25, -0.2) is 13.5 Å². The molecule has 0 saturated carbocycles. The monoisotopic (exact) mass is 403 g/mol. The Labute approximate surface area is 162 Å². The van der Waals surface area contributed by atoms with Crippen LogP contribution in [0.2, 0.25) is 18.1 Å². The van der Waals surface area contributed by atoms with Gasteiger partial charge in [0.15, 0.2) is 0 Å². The summed E-state index contributed by atoms with van der Waals surface area (Å²) < 4.78 is 34.1.